The first kappa shape index (κ1) is 23.4. The van der Waals surface area contributed by atoms with Crippen molar-refractivity contribution in [1.82, 2.24) is 24.6 Å². The third kappa shape index (κ3) is 4.61. The molecule has 0 unspecified atom stereocenters. The topological polar surface area (TPSA) is 115 Å². The van der Waals surface area contributed by atoms with Crippen LogP contribution in [0.2, 0.25) is 0 Å². The standard InChI is InChI=1S/C26H26N6O4/c1-16-6-8-19(9-7-16)21-13-22(23-5-4-12-35-23)32(30-21)24(33)14-36-25(34)11-10-20-17(2)29-26-27-15-28-31(26)18(20)3/h4-9,12,15,22H,10-11,13-14H2,1-3H3/t22-/m0/s1. The van der Waals surface area contributed by atoms with Crippen LogP contribution in [0.4, 0.5) is 0 Å². The summed E-state index contributed by atoms with van der Waals surface area (Å²) >= 11 is 0. The highest BCUT2D eigenvalue weighted by atomic mass is 16.5. The number of aryl methyl sites for hydroxylation is 3. The molecule has 3 aromatic heterocycles. The van der Waals surface area contributed by atoms with Gasteiger partial charge in [0.25, 0.3) is 11.7 Å². The normalized spacial score (nSPS) is 15.4. The monoisotopic (exact) mass is 486 g/mol. The molecule has 0 spiro atoms. The highest BCUT2D eigenvalue weighted by Crippen LogP contribution is 2.33. The van der Waals surface area contributed by atoms with Crippen molar-refractivity contribution in [1.29, 1.82) is 0 Å². The molecule has 4 heterocycles. The van der Waals surface area contributed by atoms with Gasteiger partial charge in [0, 0.05) is 24.2 Å². The molecule has 0 radical (unpaired) electrons. The molecule has 0 N–H and O–H groups in total. The maximum atomic E-state index is 13.1. The lowest BCUT2D eigenvalue weighted by Gasteiger charge is -2.19. The van der Waals surface area contributed by atoms with E-state index in [2.05, 4.69) is 20.2 Å². The van der Waals surface area contributed by atoms with Crippen molar-refractivity contribution in [2.24, 2.45) is 5.10 Å². The third-order valence-electron chi connectivity index (χ3n) is 6.35. The summed E-state index contributed by atoms with van der Waals surface area (Å²) in [5, 5.41) is 10.1. The van der Waals surface area contributed by atoms with Gasteiger partial charge in [-0.2, -0.15) is 15.2 Å². The smallest absolute Gasteiger partial charge is 0.306 e. The van der Waals surface area contributed by atoms with Crippen molar-refractivity contribution >= 4 is 23.4 Å². The van der Waals surface area contributed by atoms with E-state index in [1.54, 1.807) is 16.8 Å². The molecule has 5 rings (SSSR count). The van der Waals surface area contributed by atoms with Crippen molar-refractivity contribution in [2.45, 2.75) is 46.1 Å². The summed E-state index contributed by atoms with van der Waals surface area (Å²) in [6.07, 6.45) is 4.04. The lowest BCUT2D eigenvalue weighted by molar-refractivity contribution is -0.152. The molecule has 10 nitrogen and oxygen atoms in total. The minimum Gasteiger partial charge on any atom is -0.467 e. The summed E-state index contributed by atoms with van der Waals surface area (Å²) in [6, 6.07) is 11.2. The molecule has 1 aliphatic heterocycles. The molecule has 36 heavy (non-hydrogen) atoms. The van der Waals surface area contributed by atoms with Gasteiger partial charge in [0.1, 0.15) is 18.1 Å². The van der Waals surface area contributed by atoms with Crippen LogP contribution in [-0.4, -0.2) is 48.8 Å². The van der Waals surface area contributed by atoms with Crippen molar-refractivity contribution in [3.05, 3.63) is 82.8 Å². The molecule has 1 amide bonds. The summed E-state index contributed by atoms with van der Waals surface area (Å²) < 4.78 is 12.5. The number of hydrogen-bond donors (Lipinski definition) is 0. The first-order chi connectivity index (χ1) is 17.4. The fourth-order valence-corrected chi connectivity index (χ4v) is 4.39. The zero-order chi connectivity index (χ0) is 25.2. The van der Waals surface area contributed by atoms with E-state index < -0.39 is 24.5 Å². The molecule has 4 aromatic rings. The van der Waals surface area contributed by atoms with Gasteiger partial charge in [-0.1, -0.05) is 29.8 Å². The molecular formula is C26H26N6O4. The number of carbonyl (C=O) groups is 2. The Morgan fingerprint density at radius 3 is 2.69 bits per heavy atom. The number of carbonyl (C=O) groups excluding carboxylic acids is 2. The minimum atomic E-state index is -0.475. The number of furan rings is 1. The Balaban J connectivity index is 1.24. The molecular weight excluding hydrogens is 460 g/mol. The van der Waals surface area contributed by atoms with E-state index in [4.69, 9.17) is 9.15 Å². The summed E-state index contributed by atoms with van der Waals surface area (Å²) in [6.45, 7) is 5.39. The number of benzene rings is 1. The zero-order valence-corrected chi connectivity index (χ0v) is 20.3. The van der Waals surface area contributed by atoms with E-state index in [1.165, 1.54) is 11.3 Å². The first-order valence-electron chi connectivity index (χ1n) is 11.7. The quantitative estimate of drug-likeness (QED) is 0.367. The third-order valence-corrected chi connectivity index (χ3v) is 6.35. The molecule has 184 valence electrons. The molecule has 1 atom stereocenters. The molecule has 0 fully saturated rings. The highest BCUT2D eigenvalue weighted by molar-refractivity contribution is 6.03. The number of amides is 1. The van der Waals surface area contributed by atoms with E-state index in [0.717, 1.165) is 33.8 Å². The number of hydrogen-bond acceptors (Lipinski definition) is 8. The number of nitrogens with zero attached hydrogens (tertiary/aromatic N) is 6. The van der Waals surface area contributed by atoms with E-state index in [9.17, 15) is 9.59 Å². The van der Waals surface area contributed by atoms with Crippen molar-refractivity contribution < 1.29 is 18.7 Å². The summed E-state index contributed by atoms with van der Waals surface area (Å²) in [5.74, 6) is 0.258. The number of ether oxygens (including phenoxy) is 1. The van der Waals surface area contributed by atoms with Crippen LogP contribution < -0.4 is 0 Å². The maximum absolute atomic E-state index is 13.1. The average molecular weight is 487 g/mol. The van der Waals surface area contributed by atoms with Crippen molar-refractivity contribution in [3.63, 3.8) is 0 Å². The fourth-order valence-electron chi connectivity index (χ4n) is 4.39. The van der Waals surface area contributed by atoms with Crippen LogP contribution in [0.25, 0.3) is 5.78 Å². The van der Waals surface area contributed by atoms with Crippen LogP contribution in [0.15, 0.2) is 58.5 Å². The van der Waals surface area contributed by atoms with Crippen LogP contribution in [0.1, 0.15) is 52.7 Å². The number of rotatable bonds is 7. The van der Waals surface area contributed by atoms with E-state index in [0.29, 0.717) is 24.4 Å². The predicted octanol–water partition coefficient (Wildman–Crippen LogP) is 3.50. The molecule has 0 bridgehead atoms. The van der Waals surface area contributed by atoms with Crippen LogP contribution >= 0.6 is 0 Å². The van der Waals surface area contributed by atoms with Gasteiger partial charge in [0.2, 0.25) is 0 Å². The van der Waals surface area contributed by atoms with Crippen LogP contribution in [-0.2, 0) is 20.7 Å². The number of fused-ring (bicyclic) bond motifs is 1. The molecule has 10 heteroatoms. The SMILES string of the molecule is Cc1ccc(C2=NN(C(=O)COC(=O)CCc3c(C)nc4ncnn4c3C)[C@H](c3ccco3)C2)cc1. The Morgan fingerprint density at radius 2 is 1.94 bits per heavy atom. The number of esters is 1. The van der Waals surface area contributed by atoms with E-state index in [-0.39, 0.29) is 6.42 Å². The maximum Gasteiger partial charge on any atom is 0.306 e. The lowest BCUT2D eigenvalue weighted by Crippen LogP contribution is -2.31. The van der Waals surface area contributed by atoms with Gasteiger partial charge in [-0.15, -0.1) is 0 Å². The summed E-state index contributed by atoms with van der Waals surface area (Å²) in [4.78, 5) is 34.1. The summed E-state index contributed by atoms with van der Waals surface area (Å²) in [7, 11) is 0. The molecule has 0 saturated heterocycles. The van der Waals surface area contributed by atoms with Gasteiger partial charge in [-0.25, -0.2) is 14.5 Å². The second kappa shape index (κ2) is 9.73. The van der Waals surface area contributed by atoms with Gasteiger partial charge >= 0.3 is 5.97 Å². The minimum absolute atomic E-state index is 0.107. The Hall–Kier alpha value is -4.34. The van der Waals surface area contributed by atoms with Crippen LogP contribution in [0.3, 0.4) is 0 Å². The Kier molecular flexibility index (Phi) is 6.32. The van der Waals surface area contributed by atoms with E-state index in [1.807, 2.05) is 51.1 Å². The van der Waals surface area contributed by atoms with Gasteiger partial charge in [-0.3, -0.25) is 9.59 Å². The van der Waals surface area contributed by atoms with Gasteiger partial charge in [-0.05, 0) is 50.5 Å². The largest absolute Gasteiger partial charge is 0.467 e. The highest BCUT2D eigenvalue weighted by Gasteiger charge is 2.35. The average Bonchev–Trinajstić information content (AvgIpc) is 3.63. The van der Waals surface area contributed by atoms with Crippen LogP contribution in [0.5, 0.6) is 0 Å². The Bertz CT molecular complexity index is 1440. The van der Waals surface area contributed by atoms with Crippen LogP contribution in [0, 0.1) is 20.8 Å². The number of aromatic nitrogens is 4. The van der Waals surface area contributed by atoms with Crippen molar-refractivity contribution in [3.8, 4) is 0 Å². The lowest BCUT2D eigenvalue weighted by atomic mass is 10.0. The summed E-state index contributed by atoms with van der Waals surface area (Å²) in [5.41, 5.74) is 5.41. The van der Waals surface area contributed by atoms with Gasteiger partial charge < -0.3 is 9.15 Å². The number of hydrazone groups is 1. The Morgan fingerprint density at radius 1 is 1.14 bits per heavy atom. The molecule has 1 aliphatic rings. The van der Waals surface area contributed by atoms with Gasteiger partial charge in [0.15, 0.2) is 6.61 Å². The Labute approximate surface area is 207 Å². The zero-order valence-electron chi connectivity index (χ0n) is 20.3. The molecule has 0 aliphatic carbocycles. The van der Waals surface area contributed by atoms with Gasteiger partial charge in [0.05, 0.1) is 12.0 Å². The fraction of sp³-hybridized carbons (Fsp3) is 0.308. The van der Waals surface area contributed by atoms with Crippen molar-refractivity contribution in [2.75, 3.05) is 6.61 Å². The second-order valence-electron chi connectivity index (χ2n) is 8.78. The van der Waals surface area contributed by atoms with E-state index >= 15 is 0 Å². The first-order valence-corrected chi connectivity index (χ1v) is 11.7. The molecule has 0 saturated carbocycles. The second-order valence-corrected chi connectivity index (χ2v) is 8.78. The predicted molar refractivity (Wildman–Crippen MR) is 130 cm³/mol. The molecule has 1 aromatic carbocycles.